The van der Waals surface area contributed by atoms with E-state index in [2.05, 4.69) is 26.6 Å². The van der Waals surface area contributed by atoms with Crippen molar-refractivity contribution in [3.63, 3.8) is 0 Å². The summed E-state index contributed by atoms with van der Waals surface area (Å²) in [6, 6.07) is 25.0. The van der Waals surface area contributed by atoms with Gasteiger partial charge in [-0.3, -0.25) is 30.3 Å². The van der Waals surface area contributed by atoms with Crippen LogP contribution in [0.2, 0.25) is 0 Å². The predicted octanol–water partition coefficient (Wildman–Crippen LogP) is 10.1. The second kappa shape index (κ2) is 23.7. The number of ether oxygens (including phenoxy) is 1. The number of nitro groups is 3. The van der Waals surface area contributed by atoms with Crippen LogP contribution in [0.3, 0.4) is 0 Å². The molecule has 0 aliphatic heterocycles. The predicted molar refractivity (Wildman–Crippen MR) is 242 cm³/mol. The van der Waals surface area contributed by atoms with Crippen LogP contribution in [0.1, 0.15) is 19.4 Å². The van der Waals surface area contributed by atoms with Gasteiger partial charge in [-0.1, -0.05) is 43.3 Å². The number of benzene rings is 6. The highest BCUT2D eigenvalue weighted by atomic mass is 19.1. The fourth-order valence-electron chi connectivity index (χ4n) is 5.46. The average Bonchev–Trinajstić information content (AvgIpc) is 3.28. The molecule has 6 aromatic carbocycles. The van der Waals surface area contributed by atoms with Crippen molar-refractivity contribution in [1.82, 2.24) is 0 Å². The summed E-state index contributed by atoms with van der Waals surface area (Å²) in [5.41, 5.74) is 0.571. The molecule has 0 saturated heterocycles. The molecule has 0 fully saturated rings. The number of amides is 6. The minimum absolute atomic E-state index is 0.0574. The van der Waals surface area contributed by atoms with Gasteiger partial charge in [0.2, 0.25) is 0 Å². The first-order valence-corrected chi connectivity index (χ1v) is 19.3. The Morgan fingerprint density at radius 3 is 1.28 bits per heavy atom. The number of nitro benzene ring substituents is 3. The first-order valence-electron chi connectivity index (χ1n) is 19.3. The maximum atomic E-state index is 13.4. The Balaban J connectivity index is 0.000000219. The molecule has 9 N–H and O–H groups in total. The first-order chi connectivity index (χ1) is 31.9. The second-order valence-electron chi connectivity index (χ2n) is 13.1. The number of anilines is 6. The third-order valence-electron chi connectivity index (χ3n) is 8.60. The molecule has 22 nitrogen and oxygen atoms in total. The molecule has 0 spiro atoms. The number of hydrogen-bond acceptors (Lipinski definition) is 13. The van der Waals surface area contributed by atoms with Crippen LogP contribution in [0.4, 0.5) is 74.4 Å². The molecular formula is C43H39F2N9O13. The van der Waals surface area contributed by atoms with E-state index in [1.165, 1.54) is 24.3 Å². The van der Waals surface area contributed by atoms with E-state index in [9.17, 15) is 68.8 Å². The van der Waals surface area contributed by atoms with Crippen molar-refractivity contribution < 1.29 is 58.0 Å². The van der Waals surface area contributed by atoms with Gasteiger partial charge < -0.3 is 52.0 Å². The standard InChI is InChI=1S/C15H15N3O5.C15H15N3O4.C13H9F2N3O4/c1-2-23-14-6-4-3-5-12(14)17-15(20)16-11-8-7-10(18(21)22)9-13(11)19;1-2-10-5-3-4-6-12(10)16-15(20)17-13-8-7-11(18(21)22)9-14(13)19;14-8-2-1-3-9(15)12(8)17-13(20)16-10-5-4-7(18(21)22)6-11(10)19/h3-9,19H,2H2,1H3,(H2,16,17,20);3-9,19H,2H2,1H3,(H2,16,17,20);1-6,19H,(H2,16,17,20). The van der Waals surface area contributed by atoms with Gasteiger partial charge in [0.05, 0.1) is 62.3 Å². The number of phenols is 3. The number of phenolic OH excluding ortho intramolecular Hbond substituents is 3. The smallest absolute Gasteiger partial charge is 0.323 e. The molecule has 0 heterocycles. The molecule has 0 atom stereocenters. The molecule has 0 aliphatic carbocycles. The maximum Gasteiger partial charge on any atom is 0.323 e. The number of carbonyl (C=O) groups excluding carboxylic acids is 3. The van der Waals surface area contributed by atoms with Crippen LogP contribution in [0.15, 0.2) is 121 Å². The number of aromatic hydroxyl groups is 3. The highest BCUT2D eigenvalue weighted by Gasteiger charge is 2.17. The molecule has 0 aromatic heterocycles. The van der Waals surface area contributed by atoms with Crippen LogP contribution < -0.4 is 36.6 Å². The van der Waals surface area contributed by atoms with Gasteiger partial charge in [0.25, 0.3) is 17.1 Å². The van der Waals surface area contributed by atoms with E-state index in [1.54, 1.807) is 36.4 Å². The van der Waals surface area contributed by atoms with Gasteiger partial charge in [-0.15, -0.1) is 0 Å². The van der Waals surface area contributed by atoms with Crippen molar-refractivity contribution >= 4 is 69.3 Å². The quantitative estimate of drug-likeness (QED) is 0.0314. The number of urea groups is 3. The molecule has 0 radical (unpaired) electrons. The Morgan fingerprint density at radius 1 is 0.507 bits per heavy atom. The van der Waals surface area contributed by atoms with Gasteiger partial charge in [0.1, 0.15) is 40.3 Å². The second-order valence-corrected chi connectivity index (χ2v) is 13.1. The molecule has 24 heteroatoms. The molecule has 6 aromatic rings. The number of hydrogen-bond donors (Lipinski definition) is 9. The van der Waals surface area contributed by atoms with Crippen molar-refractivity contribution in [3.05, 3.63) is 169 Å². The average molecular weight is 928 g/mol. The van der Waals surface area contributed by atoms with Crippen molar-refractivity contribution in [2.45, 2.75) is 20.3 Å². The van der Waals surface area contributed by atoms with Gasteiger partial charge in [0, 0.05) is 23.9 Å². The van der Waals surface area contributed by atoms with E-state index >= 15 is 0 Å². The molecule has 0 aliphatic rings. The van der Waals surface area contributed by atoms with E-state index < -0.39 is 61.7 Å². The molecule has 348 valence electrons. The Hall–Kier alpha value is -9.61. The zero-order valence-electron chi connectivity index (χ0n) is 35.0. The van der Waals surface area contributed by atoms with Crippen LogP contribution in [0.25, 0.3) is 0 Å². The minimum Gasteiger partial charge on any atom is -0.506 e. The lowest BCUT2D eigenvalue weighted by molar-refractivity contribution is -0.385. The van der Waals surface area contributed by atoms with E-state index in [0.717, 1.165) is 60.5 Å². The molecule has 6 rings (SSSR count). The summed E-state index contributed by atoms with van der Waals surface area (Å²) < 4.78 is 32.1. The van der Waals surface area contributed by atoms with Gasteiger partial charge >= 0.3 is 18.1 Å². The SMILES string of the molecule is CCOc1ccccc1NC(=O)Nc1ccc([N+](=O)[O-])cc1O.CCc1ccccc1NC(=O)Nc1ccc([N+](=O)[O-])cc1O.O=C(Nc1ccc([N+](=O)[O-])cc1O)Nc1c(F)cccc1F. The lowest BCUT2D eigenvalue weighted by Gasteiger charge is -2.12. The summed E-state index contributed by atoms with van der Waals surface area (Å²) in [7, 11) is 0. The lowest BCUT2D eigenvalue weighted by Crippen LogP contribution is -2.21. The number of rotatable bonds is 12. The first kappa shape index (κ1) is 50.0. The number of para-hydroxylation sites is 4. The summed E-state index contributed by atoms with van der Waals surface area (Å²) in [5, 5.41) is 74.9. The fourth-order valence-corrected chi connectivity index (χ4v) is 5.46. The van der Waals surface area contributed by atoms with Crippen molar-refractivity contribution in [3.8, 4) is 23.0 Å². The zero-order valence-corrected chi connectivity index (χ0v) is 35.0. The van der Waals surface area contributed by atoms with Gasteiger partial charge in [-0.25, -0.2) is 23.2 Å². The molecule has 6 amide bonds. The van der Waals surface area contributed by atoms with Gasteiger partial charge in [-0.2, -0.15) is 0 Å². The zero-order chi connectivity index (χ0) is 49.2. The topological polar surface area (TPSA) is 323 Å². The Kier molecular flexibility index (Phi) is 17.7. The van der Waals surface area contributed by atoms with Gasteiger partial charge in [-0.05, 0) is 67.4 Å². The van der Waals surface area contributed by atoms with Crippen LogP contribution in [0.5, 0.6) is 23.0 Å². The molecule has 0 saturated carbocycles. The minimum atomic E-state index is -1.02. The van der Waals surface area contributed by atoms with Crippen LogP contribution in [-0.2, 0) is 6.42 Å². The number of nitrogens with zero attached hydrogens (tertiary/aromatic N) is 3. The van der Waals surface area contributed by atoms with Crippen LogP contribution in [-0.4, -0.2) is 54.8 Å². The maximum absolute atomic E-state index is 13.4. The highest BCUT2D eigenvalue weighted by Crippen LogP contribution is 2.31. The Bertz CT molecular complexity index is 2780. The molecule has 0 unspecified atom stereocenters. The largest absolute Gasteiger partial charge is 0.506 e. The number of halogens is 2. The van der Waals surface area contributed by atoms with Crippen molar-refractivity contribution in [1.29, 1.82) is 0 Å². The van der Waals surface area contributed by atoms with E-state index in [1.807, 2.05) is 31.3 Å². The molecule has 0 bridgehead atoms. The van der Waals surface area contributed by atoms with E-state index in [-0.39, 0.29) is 39.9 Å². The summed E-state index contributed by atoms with van der Waals surface area (Å²) >= 11 is 0. The third-order valence-corrected chi connectivity index (χ3v) is 8.60. The van der Waals surface area contributed by atoms with Gasteiger partial charge in [0.15, 0.2) is 0 Å². The third kappa shape index (κ3) is 14.7. The molecule has 67 heavy (non-hydrogen) atoms. The van der Waals surface area contributed by atoms with Crippen LogP contribution >= 0.6 is 0 Å². The van der Waals surface area contributed by atoms with E-state index in [0.29, 0.717) is 23.7 Å². The van der Waals surface area contributed by atoms with E-state index in [4.69, 9.17) is 4.74 Å². The number of aryl methyl sites for hydroxylation is 1. The fraction of sp³-hybridized carbons (Fsp3) is 0.0930. The highest BCUT2D eigenvalue weighted by molar-refractivity contribution is 6.02. The van der Waals surface area contributed by atoms with Crippen LogP contribution in [0, 0.1) is 42.0 Å². The summed E-state index contributed by atoms with van der Waals surface area (Å²) in [5.74, 6) is -2.75. The molecular weight excluding hydrogens is 889 g/mol. The summed E-state index contributed by atoms with van der Waals surface area (Å²) in [4.78, 5) is 65.3. The Labute approximate surface area is 377 Å². The summed E-state index contributed by atoms with van der Waals surface area (Å²) in [6.07, 6.45) is 0.763. The number of non-ortho nitro benzene ring substituents is 3. The van der Waals surface area contributed by atoms with Crippen molar-refractivity contribution in [2.75, 3.05) is 38.5 Å². The lowest BCUT2D eigenvalue weighted by atomic mass is 10.1. The number of carbonyl (C=O) groups is 3. The monoisotopic (exact) mass is 927 g/mol. The Morgan fingerprint density at radius 2 is 0.881 bits per heavy atom. The normalized spacial score (nSPS) is 10.0. The van der Waals surface area contributed by atoms with Crippen molar-refractivity contribution in [2.24, 2.45) is 0 Å². The summed E-state index contributed by atoms with van der Waals surface area (Å²) in [6.45, 7) is 4.25. The number of nitrogens with one attached hydrogen (secondary N) is 6.